The van der Waals surface area contributed by atoms with E-state index < -0.39 is 4.92 Å². The SMILES string of the molecule is Cc1cc(OCc2cccnc2Cl)ccc1[N+](=O)[O-]. The van der Waals surface area contributed by atoms with E-state index in [0.717, 1.165) is 5.56 Å². The highest BCUT2D eigenvalue weighted by atomic mass is 35.5. The molecule has 19 heavy (non-hydrogen) atoms. The van der Waals surface area contributed by atoms with E-state index in [1.54, 1.807) is 31.3 Å². The molecular weight excluding hydrogens is 268 g/mol. The maximum absolute atomic E-state index is 10.7. The Labute approximate surface area is 115 Å². The van der Waals surface area contributed by atoms with Crippen LogP contribution in [-0.4, -0.2) is 9.91 Å². The van der Waals surface area contributed by atoms with Gasteiger partial charge in [0.1, 0.15) is 17.5 Å². The molecule has 2 rings (SSSR count). The summed E-state index contributed by atoms with van der Waals surface area (Å²) in [5.74, 6) is 0.558. The van der Waals surface area contributed by atoms with Gasteiger partial charge in [0.05, 0.1) is 4.92 Å². The Morgan fingerprint density at radius 1 is 1.42 bits per heavy atom. The molecule has 0 fully saturated rings. The molecule has 1 aromatic heterocycles. The van der Waals surface area contributed by atoms with Gasteiger partial charge in [-0.25, -0.2) is 4.98 Å². The average molecular weight is 279 g/mol. The summed E-state index contributed by atoms with van der Waals surface area (Å²) in [6.07, 6.45) is 1.60. The van der Waals surface area contributed by atoms with Crippen LogP contribution >= 0.6 is 11.6 Å². The van der Waals surface area contributed by atoms with Crippen LogP contribution in [0, 0.1) is 17.0 Å². The first kappa shape index (κ1) is 13.3. The Balaban J connectivity index is 2.11. The zero-order valence-electron chi connectivity index (χ0n) is 10.2. The first-order valence-corrected chi connectivity index (χ1v) is 5.93. The fourth-order valence-corrected chi connectivity index (χ4v) is 1.78. The van der Waals surface area contributed by atoms with Crippen LogP contribution in [0.2, 0.25) is 5.15 Å². The summed E-state index contributed by atoms with van der Waals surface area (Å²) in [6.45, 7) is 1.94. The maximum Gasteiger partial charge on any atom is 0.272 e. The summed E-state index contributed by atoms with van der Waals surface area (Å²) >= 11 is 5.91. The first-order chi connectivity index (χ1) is 9.08. The molecule has 0 aliphatic heterocycles. The zero-order valence-corrected chi connectivity index (χ0v) is 10.9. The van der Waals surface area contributed by atoms with Crippen molar-refractivity contribution in [2.45, 2.75) is 13.5 Å². The van der Waals surface area contributed by atoms with Gasteiger partial charge in [-0.3, -0.25) is 10.1 Å². The summed E-state index contributed by atoms with van der Waals surface area (Å²) in [5, 5.41) is 11.1. The minimum absolute atomic E-state index is 0.0757. The molecule has 0 radical (unpaired) electrons. The summed E-state index contributed by atoms with van der Waals surface area (Å²) in [5.41, 5.74) is 1.40. The van der Waals surface area contributed by atoms with Gasteiger partial charge in [0.2, 0.25) is 0 Å². The van der Waals surface area contributed by atoms with Crippen molar-refractivity contribution in [1.29, 1.82) is 0 Å². The lowest BCUT2D eigenvalue weighted by Gasteiger charge is -2.08. The highest BCUT2D eigenvalue weighted by molar-refractivity contribution is 6.30. The molecule has 0 aliphatic rings. The van der Waals surface area contributed by atoms with E-state index in [-0.39, 0.29) is 12.3 Å². The number of nitro benzene ring substituents is 1. The molecule has 1 heterocycles. The number of hydrogen-bond donors (Lipinski definition) is 0. The Morgan fingerprint density at radius 3 is 2.84 bits per heavy atom. The lowest BCUT2D eigenvalue weighted by Crippen LogP contribution is -1.98. The standard InChI is InChI=1S/C13H11ClN2O3/c1-9-7-11(4-5-12(9)16(17)18)19-8-10-3-2-6-15-13(10)14/h2-7H,8H2,1H3. The number of ether oxygens (including phenoxy) is 1. The minimum Gasteiger partial charge on any atom is -0.489 e. The minimum atomic E-state index is -0.420. The predicted octanol–water partition coefficient (Wildman–Crippen LogP) is 3.53. The second-order valence-corrected chi connectivity index (χ2v) is 4.31. The summed E-state index contributed by atoms with van der Waals surface area (Å²) in [4.78, 5) is 14.2. The van der Waals surface area contributed by atoms with Gasteiger partial charge in [0.25, 0.3) is 5.69 Å². The van der Waals surface area contributed by atoms with E-state index in [2.05, 4.69) is 4.98 Å². The molecule has 0 saturated heterocycles. The Bertz CT molecular complexity index is 617. The van der Waals surface area contributed by atoms with E-state index in [0.29, 0.717) is 16.5 Å². The molecule has 98 valence electrons. The highest BCUT2D eigenvalue weighted by Gasteiger charge is 2.11. The molecule has 0 bridgehead atoms. The Hall–Kier alpha value is -2.14. The van der Waals surface area contributed by atoms with Gasteiger partial charge in [-0.2, -0.15) is 0 Å². The second kappa shape index (κ2) is 5.67. The van der Waals surface area contributed by atoms with Crippen molar-refractivity contribution in [3.05, 3.63) is 62.9 Å². The third-order valence-electron chi connectivity index (χ3n) is 2.60. The zero-order chi connectivity index (χ0) is 13.8. The lowest BCUT2D eigenvalue weighted by atomic mass is 10.2. The van der Waals surface area contributed by atoms with Crippen molar-refractivity contribution >= 4 is 17.3 Å². The molecule has 1 aromatic carbocycles. The first-order valence-electron chi connectivity index (χ1n) is 5.55. The van der Waals surface area contributed by atoms with Crippen LogP contribution in [0.1, 0.15) is 11.1 Å². The van der Waals surface area contributed by atoms with Crippen molar-refractivity contribution in [2.24, 2.45) is 0 Å². The lowest BCUT2D eigenvalue weighted by molar-refractivity contribution is -0.385. The van der Waals surface area contributed by atoms with Crippen LogP contribution in [-0.2, 0) is 6.61 Å². The topological polar surface area (TPSA) is 65.3 Å². The fraction of sp³-hybridized carbons (Fsp3) is 0.154. The number of nitrogens with zero attached hydrogens (tertiary/aromatic N) is 2. The van der Waals surface area contributed by atoms with Crippen molar-refractivity contribution in [3.63, 3.8) is 0 Å². The molecule has 0 unspecified atom stereocenters. The molecule has 2 aromatic rings. The molecule has 0 N–H and O–H groups in total. The van der Waals surface area contributed by atoms with Gasteiger partial charge in [-0.05, 0) is 25.1 Å². The van der Waals surface area contributed by atoms with Crippen LogP contribution in [0.4, 0.5) is 5.69 Å². The molecule has 6 heteroatoms. The van der Waals surface area contributed by atoms with E-state index in [4.69, 9.17) is 16.3 Å². The van der Waals surface area contributed by atoms with Crippen LogP contribution in [0.15, 0.2) is 36.5 Å². The van der Waals surface area contributed by atoms with Gasteiger partial charge in [-0.15, -0.1) is 0 Å². The fourth-order valence-electron chi connectivity index (χ4n) is 1.61. The number of hydrogen-bond acceptors (Lipinski definition) is 4. The van der Waals surface area contributed by atoms with Gasteiger partial charge < -0.3 is 4.74 Å². The predicted molar refractivity (Wildman–Crippen MR) is 71.4 cm³/mol. The van der Waals surface area contributed by atoms with Gasteiger partial charge in [0.15, 0.2) is 0 Å². The normalized spacial score (nSPS) is 10.2. The third kappa shape index (κ3) is 3.20. The number of aromatic nitrogens is 1. The van der Waals surface area contributed by atoms with Gasteiger partial charge in [0, 0.05) is 23.4 Å². The van der Waals surface area contributed by atoms with Crippen molar-refractivity contribution in [1.82, 2.24) is 4.98 Å². The van der Waals surface area contributed by atoms with Crippen LogP contribution in [0.25, 0.3) is 0 Å². The number of rotatable bonds is 4. The van der Waals surface area contributed by atoms with Crippen LogP contribution in [0.5, 0.6) is 5.75 Å². The average Bonchev–Trinajstić information content (AvgIpc) is 2.37. The summed E-state index contributed by atoms with van der Waals surface area (Å²) in [6, 6.07) is 8.20. The second-order valence-electron chi connectivity index (χ2n) is 3.95. The highest BCUT2D eigenvalue weighted by Crippen LogP contribution is 2.24. The third-order valence-corrected chi connectivity index (χ3v) is 2.94. The molecule has 5 nitrogen and oxygen atoms in total. The molecule has 0 aliphatic carbocycles. The van der Waals surface area contributed by atoms with Crippen molar-refractivity contribution in [2.75, 3.05) is 0 Å². The van der Waals surface area contributed by atoms with Gasteiger partial charge in [-0.1, -0.05) is 17.7 Å². The van der Waals surface area contributed by atoms with E-state index in [1.165, 1.54) is 6.07 Å². The molecule has 0 saturated carbocycles. The number of pyridine rings is 1. The van der Waals surface area contributed by atoms with Crippen molar-refractivity contribution in [3.8, 4) is 5.75 Å². The Morgan fingerprint density at radius 2 is 2.21 bits per heavy atom. The van der Waals surface area contributed by atoms with E-state index >= 15 is 0 Å². The monoisotopic (exact) mass is 278 g/mol. The Kier molecular flexibility index (Phi) is 3.97. The van der Waals surface area contributed by atoms with Gasteiger partial charge >= 0.3 is 0 Å². The number of halogens is 1. The quantitative estimate of drug-likeness (QED) is 0.487. The van der Waals surface area contributed by atoms with Crippen LogP contribution < -0.4 is 4.74 Å². The molecule has 0 amide bonds. The van der Waals surface area contributed by atoms with E-state index in [1.807, 2.05) is 6.07 Å². The summed E-state index contributed by atoms with van der Waals surface area (Å²) < 4.78 is 5.54. The summed E-state index contributed by atoms with van der Waals surface area (Å²) in [7, 11) is 0. The number of benzene rings is 1. The molecule has 0 spiro atoms. The molecular formula is C13H11ClN2O3. The maximum atomic E-state index is 10.7. The van der Waals surface area contributed by atoms with Crippen LogP contribution in [0.3, 0.4) is 0 Å². The largest absolute Gasteiger partial charge is 0.489 e. The van der Waals surface area contributed by atoms with E-state index in [9.17, 15) is 10.1 Å². The van der Waals surface area contributed by atoms with Crippen molar-refractivity contribution < 1.29 is 9.66 Å². The number of nitro groups is 1. The smallest absolute Gasteiger partial charge is 0.272 e. The molecule has 0 atom stereocenters. The number of aryl methyl sites for hydroxylation is 1.